The maximum atomic E-state index is 12.7. The number of imidazole rings is 3. The van der Waals surface area contributed by atoms with E-state index in [-0.39, 0.29) is 29.6 Å². The van der Waals surface area contributed by atoms with Gasteiger partial charge in [-0.15, -0.1) is 0 Å². The van der Waals surface area contributed by atoms with Gasteiger partial charge in [0.2, 0.25) is 35.6 Å². The minimum Gasteiger partial charge on any atom is -0.385 e. The minimum atomic E-state index is -1.24. The van der Waals surface area contributed by atoms with E-state index in [1.54, 1.807) is 6.92 Å². The molecule has 7 aromatic rings. The Morgan fingerprint density at radius 1 is 0.595 bits per heavy atom. The fourth-order valence-corrected chi connectivity index (χ4v) is 10.7. The Bertz CT molecular complexity index is 3150. The van der Waals surface area contributed by atoms with Crippen LogP contribution in [-0.2, 0) is 20.0 Å². The topological polar surface area (TPSA) is 200 Å². The number of carbonyl (C=O) groups is 3. The molecule has 0 aliphatic heterocycles. The summed E-state index contributed by atoms with van der Waals surface area (Å²) in [5.74, 6) is 2.68. The third kappa shape index (κ3) is 11.1. The fraction of sp³-hybridized carbons (Fsp3) is 0.534. The van der Waals surface area contributed by atoms with Crippen molar-refractivity contribution in [3.05, 3.63) is 89.4 Å². The van der Waals surface area contributed by atoms with Gasteiger partial charge in [-0.25, -0.2) is 29.9 Å². The lowest BCUT2D eigenvalue weighted by molar-refractivity contribution is -0.121. The van der Waals surface area contributed by atoms with E-state index in [2.05, 4.69) is 64.1 Å². The molecule has 5 fully saturated rings. The van der Waals surface area contributed by atoms with Crippen LogP contribution in [0.3, 0.4) is 0 Å². The molecular formula is C58H74N12O4. The number of aryl methyl sites for hydroxylation is 2. The van der Waals surface area contributed by atoms with Crippen molar-refractivity contribution in [3.8, 4) is 0 Å². The van der Waals surface area contributed by atoms with Crippen LogP contribution < -0.4 is 16.0 Å². The Balaban J connectivity index is 0.000000128. The zero-order chi connectivity index (χ0) is 51.7. The van der Waals surface area contributed by atoms with Crippen LogP contribution in [-0.4, -0.2) is 66.4 Å². The number of nitrogens with one attached hydrogen (secondary N) is 3. The number of anilines is 3. The lowest BCUT2D eigenvalue weighted by Crippen LogP contribution is -2.32. The highest BCUT2D eigenvalue weighted by molar-refractivity contribution is 5.93. The van der Waals surface area contributed by atoms with E-state index in [1.807, 2.05) is 86.9 Å². The van der Waals surface area contributed by atoms with Gasteiger partial charge >= 0.3 is 0 Å². The first-order chi connectivity index (χ1) is 35.6. The highest BCUT2D eigenvalue weighted by Crippen LogP contribution is 2.44. The predicted octanol–water partition coefficient (Wildman–Crippen LogP) is 12.1. The van der Waals surface area contributed by atoms with Crippen molar-refractivity contribution in [1.29, 1.82) is 0 Å². The van der Waals surface area contributed by atoms with E-state index in [9.17, 15) is 19.5 Å². The molecule has 5 aliphatic carbocycles. The molecule has 16 heteroatoms. The summed E-state index contributed by atoms with van der Waals surface area (Å²) in [7, 11) is 0. The van der Waals surface area contributed by atoms with Crippen LogP contribution in [0.4, 0.5) is 17.8 Å². The van der Waals surface area contributed by atoms with Gasteiger partial charge in [-0.2, -0.15) is 0 Å². The summed E-state index contributed by atoms with van der Waals surface area (Å²) in [4.78, 5) is 65.5. The van der Waals surface area contributed by atoms with Gasteiger partial charge in [0.1, 0.15) is 16.6 Å². The molecule has 6 aromatic heterocycles. The molecule has 74 heavy (non-hydrogen) atoms. The molecule has 1 atom stereocenters. The molecule has 1 unspecified atom stereocenters. The maximum absolute atomic E-state index is 12.7. The van der Waals surface area contributed by atoms with Crippen molar-refractivity contribution < 1.29 is 19.5 Å². The van der Waals surface area contributed by atoms with E-state index in [0.29, 0.717) is 66.2 Å². The first-order valence-electron chi connectivity index (χ1n) is 27.4. The van der Waals surface area contributed by atoms with Crippen molar-refractivity contribution in [2.45, 2.75) is 187 Å². The summed E-state index contributed by atoms with van der Waals surface area (Å²) >= 11 is 0. The normalized spacial score (nSPS) is 18.4. The number of hydrogen-bond donors (Lipinski definition) is 4. The molecule has 12 rings (SSSR count). The molecule has 5 aliphatic rings. The quantitative estimate of drug-likeness (QED) is 0.0813. The van der Waals surface area contributed by atoms with Crippen molar-refractivity contribution in [3.63, 3.8) is 0 Å². The molecule has 0 spiro atoms. The molecule has 0 radical (unpaired) electrons. The highest BCUT2D eigenvalue weighted by Gasteiger charge is 2.36. The third-order valence-corrected chi connectivity index (χ3v) is 16.2. The van der Waals surface area contributed by atoms with Crippen molar-refractivity contribution in [1.82, 2.24) is 43.6 Å². The number of carbonyl (C=O) groups excluding carboxylic acids is 3. The average Bonchev–Trinajstić information content (AvgIpc) is 3.91. The van der Waals surface area contributed by atoms with Crippen LogP contribution >= 0.6 is 0 Å². The van der Waals surface area contributed by atoms with E-state index in [1.165, 1.54) is 50.6 Å². The number of rotatable bonds is 14. The van der Waals surface area contributed by atoms with Crippen LogP contribution in [0.5, 0.6) is 0 Å². The summed E-state index contributed by atoms with van der Waals surface area (Å²) in [6, 6.07) is 22.4. The van der Waals surface area contributed by atoms with Gasteiger partial charge in [0.15, 0.2) is 16.9 Å². The molecule has 4 N–H and O–H groups in total. The third-order valence-electron chi connectivity index (χ3n) is 16.2. The lowest BCUT2D eigenvalue weighted by atomic mass is 9.68. The monoisotopic (exact) mass is 1000 g/mol. The number of hydrogen-bond acceptors (Lipinski definition) is 10. The minimum absolute atomic E-state index is 0.0256. The van der Waals surface area contributed by atoms with Gasteiger partial charge < -0.3 is 5.11 Å². The van der Waals surface area contributed by atoms with Crippen LogP contribution in [0.15, 0.2) is 66.7 Å². The Hall–Kier alpha value is -6.55. The zero-order valence-corrected chi connectivity index (χ0v) is 44.2. The molecule has 3 amide bonds. The highest BCUT2D eigenvalue weighted by atomic mass is 16.3. The van der Waals surface area contributed by atoms with Crippen LogP contribution in [0.2, 0.25) is 0 Å². The molecule has 1 aromatic carbocycles. The Morgan fingerprint density at radius 2 is 1.04 bits per heavy atom. The average molecular weight is 1000 g/mol. The van der Waals surface area contributed by atoms with E-state index in [0.717, 1.165) is 96.2 Å². The maximum Gasteiger partial charge on any atom is 0.229 e. The second-order valence-corrected chi connectivity index (χ2v) is 22.9. The van der Waals surface area contributed by atoms with E-state index >= 15 is 0 Å². The summed E-state index contributed by atoms with van der Waals surface area (Å²) < 4.78 is 6.37. The number of amides is 3. The molecule has 0 saturated heterocycles. The van der Waals surface area contributed by atoms with E-state index < -0.39 is 5.60 Å². The van der Waals surface area contributed by atoms with Gasteiger partial charge in [0.05, 0.1) is 12.0 Å². The van der Waals surface area contributed by atoms with Crippen LogP contribution in [0.25, 0.3) is 33.5 Å². The Kier molecular flexibility index (Phi) is 14.7. The van der Waals surface area contributed by atoms with Gasteiger partial charge in [-0.1, -0.05) is 63.9 Å². The second-order valence-electron chi connectivity index (χ2n) is 22.9. The van der Waals surface area contributed by atoms with Gasteiger partial charge in [-0.3, -0.25) is 44.0 Å². The molecule has 390 valence electrons. The number of pyridine rings is 3. The molecule has 0 bridgehead atoms. The van der Waals surface area contributed by atoms with Crippen molar-refractivity contribution in [2.24, 2.45) is 11.3 Å². The summed E-state index contributed by atoms with van der Waals surface area (Å²) in [6.07, 6.45) is 18.8. The Labute approximate surface area is 434 Å². The van der Waals surface area contributed by atoms with Gasteiger partial charge in [-0.05, 0) is 158 Å². The molecule has 6 heterocycles. The standard InChI is InChI=1S/C21H24N4O2.C21H28N4O.C16H22N4O/c1-14-11-12-17-19(22-14)25(16-9-6-10-16)20(23-17)24-18(26)13-21(2,27)15-7-4-3-5-8-15;1-21(11-4-12-21)13-18(26)24-20-23-17-10-9-16(14-5-2-6-14)22-19(17)25(20)15-7-3-8-15;1-10(2)9-14(21)19-16-18-13-8-7-11(3)17-15(13)20(16)12-5-4-6-12/h3-5,7-8,11-12,16,27H,6,9-10,13H2,1-2H3,(H,23,24,26);9-10,14-15H,2-8,11-13H2,1H3,(H,23,24,26);7-8,10,12H,4-6,9H2,1-3H3,(H,18,19,21). The number of aliphatic hydroxyl groups is 1. The summed E-state index contributed by atoms with van der Waals surface area (Å²) in [6.45, 7) is 11.9. The van der Waals surface area contributed by atoms with Crippen LogP contribution in [0.1, 0.15) is 190 Å². The predicted molar refractivity (Wildman–Crippen MR) is 290 cm³/mol. The number of fused-ring (bicyclic) bond motifs is 3. The van der Waals surface area contributed by atoms with Crippen molar-refractivity contribution in [2.75, 3.05) is 16.0 Å². The van der Waals surface area contributed by atoms with E-state index in [4.69, 9.17) is 9.97 Å². The molecule has 16 nitrogen and oxygen atoms in total. The molecular weight excluding hydrogens is 929 g/mol. The largest absolute Gasteiger partial charge is 0.385 e. The smallest absolute Gasteiger partial charge is 0.229 e. The fourth-order valence-electron chi connectivity index (χ4n) is 10.7. The number of nitrogens with zero attached hydrogens (tertiary/aromatic N) is 9. The lowest BCUT2D eigenvalue weighted by Gasteiger charge is -2.37. The number of aromatic nitrogens is 9. The van der Waals surface area contributed by atoms with Gasteiger partial charge in [0, 0.05) is 54.0 Å². The zero-order valence-electron chi connectivity index (χ0n) is 44.2. The first-order valence-corrected chi connectivity index (χ1v) is 27.4. The SMILES string of the molecule is CC1(CC(=O)Nc2nc3ccc(C4CCC4)nc3n2C2CCC2)CCC1.Cc1ccc2nc(NC(=O)CC(C)(O)c3ccccc3)n(C3CCC3)c2n1.Cc1ccc2nc(NC(=O)CC(C)C)n(C3CCC3)c2n1. The van der Waals surface area contributed by atoms with Gasteiger partial charge in [0.25, 0.3) is 0 Å². The summed E-state index contributed by atoms with van der Waals surface area (Å²) in [5.41, 5.74) is 7.95. The van der Waals surface area contributed by atoms with Crippen molar-refractivity contribution >= 4 is 69.1 Å². The number of benzene rings is 1. The Morgan fingerprint density at radius 3 is 1.46 bits per heavy atom. The van der Waals surface area contributed by atoms with Crippen LogP contribution in [0, 0.1) is 25.2 Å². The first kappa shape index (κ1) is 51.0. The second kappa shape index (κ2) is 21.4. The molecule has 5 saturated carbocycles. The summed E-state index contributed by atoms with van der Waals surface area (Å²) in [5, 5.41) is 19.7.